The largest absolute Gasteiger partial charge is 0.335 e. The molecule has 2 atom stereocenters. The number of fused-ring (bicyclic) bond motifs is 3. The molecule has 2 aromatic carbocycles. The van der Waals surface area contributed by atoms with Crippen LogP contribution in [0.3, 0.4) is 0 Å². The van der Waals surface area contributed by atoms with Gasteiger partial charge >= 0.3 is 0 Å². The van der Waals surface area contributed by atoms with Gasteiger partial charge in [-0.2, -0.15) is 0 Å². The van der Waals surface area contributed by atoms with Gasteiger partial charge in [-0.05, 0) is 23.1 Å². The Morgan fingerprint density at radius 2 is 1.60 bits per heavy atom. The quantitative estimate of drug-likeness (QED) is 0.771. The lowest BCUT2D eigenvalue weighted by Crippen LogP contribution is -2.37. The van der Waals surface area contributed by atoms with Crippen molar-refractivity contribution in [3.63, 3.8) is 0 Å². The average molecular weight is 263 g/mol. The third-order valence-electron chi connectivity index (χ3n) is 4.64. The summed E-state index contributed by atoms with van der Waals surface area (Å²) in [4.78, 5) is 14.2. The van der Waals surface area contributed by atoms with Gasteiger partial charge in [0.1, 0.15) is 0 Å². The van der Waals surface area contributed by atoms with Crippen LogP contribution in [0.25, 0.3) is 0 Å². The zero-order chi connectivity index (χ0) is 13.5. The fraction of sp³-hybridized carbons (Fsp3) is 0.278. The summed E-state index contributed by atoms with van der Waals surface area (Å²) in [6.45, 7) is 0.824. The highest BCUT2D eigenvalue weighted by Crippen LogP contribution is 2.44. The zero-order valence-corrected chi connectivity index (χ0v) is 11.3. The molecule has 2 nitrogen and oxygen atoms in total. The van der Waals surface area contributed by atoms with Gasteiger partial charge in [0.2, 0.25) is 5.91 Å². The minimum atomic E-state index is 0.304. The minimum absolute atomic E-state index is 0.304. The molecule has 2 aromatic rings. The van der Waals surface area contributed by atoms with Gasteiger partial charge in [-0.3, -0.25) is 4.79 Å². The highest BCUT2D eigenvalue weighted by atomic mass is 16.2. The summed E-state index contributed by atoms with van der Waals surface area (Å²) < 4.78 is 0. The van der Waals surface area contributed by atoms with Gasteiger partial charge in [0.15, 0.2) is 0 Å². The SMILES string of the molecule is O=C1CC[C@H]2c3ccccc3[C@@H](c3ccccc3)CN12. The second-order valence-corrected chi connectivity index (χ2v) is 5.69. The summed E-state index contributed by atoms with van der Waals surface area (Å²) in [5.74, 6) is 0.621. The summed E-state index contributed by atoms with van der Waals surface area (Å²) in [5.41, 5.74) is 4.05. The molecule has 2 heterocycles. The van der Waals surface area contributed by atoms with Crippen molar-refractivity contribution in [3.8, 4) is 0 Å². The molecule has 4 rings (SSSR count). The van der Waals surface area contributed by atoms with Crippen molar-refractivity contribution in [1.82, 2.24) is 4.90 Å². The molecule has 0 aromatic heterocycles. The molecule has 100 valence electrons. The Morgan fingerprint density at radius 3 is 2.40 bits per heavy atom. The lowest BCUT2D eigenvalue weighted by molar-refractivity contribution is -0.129. The first-order chi connectivity index (χ1) is 9.84. The van der Waals surface area contributed by atoms with E-state index in [1.807, 2.05) is 6.07 Å². The van der Waals surface area contributed by atoms with Crippen LogP contribution in [0.5, 0.6) is 0 Å². The van der Waals surface area contributed by atoms with Gasteiger partial charge in [-0.25, -0.2) is 0 Å². The number of hydrogen-bond donors (Lipinski definition) is 0. The standard InChI is InChI=1S/C18H17NO/c20-18-11-10-17-15-9-5-4-8-14(15)16(12-19(17)18)13-6-2-1-3-7-13/h1-9,16-17H,10-12H2/t16-,17+/m1/s1. The Bertz CT molecular complexity index is 649. The summed E-state index contributed by atoms with van der Waals surface area (Å²) >= 11 is 0. The van der Waals surface area contributed by atoms with E-state index < -0.39 is 0 Å². The van der Waals surface area contributed by atoms with Gasteiger partial charge in [0, 0.05) is 18.9 Å². The molecule has 1 fully saturated rings. The summed E-state index contributed by atoms with van der Waals surface area (Å²) in [7, 11) is 0. The van der Waals surface area contributed by atoms with Crippen molar-refractivity contribution in [3.05, 3.63) is 71.3 Å². The van der Waals surface area contributed by atoms with E-state index in [4.69, 9.17) is 0 Å². The van der Waals surface area contributed by atoms with Crippen LogP contribution in [0.2, 0.25) is 0 Å². The van der Waals surface area contributed by atoms with E-state index in [1.54, 1.807) is 0 Å². The molecule has 0 bridgehead atoms. The van der Waals surface area contributed by atoms with Gasteiger partial charge < -0.3 is 4.90 Å². The van der Waals surface area contributed by atoms with E-state index in [1.165, 1.54) is 16.7 Å². The van der Waals surface area contributed by atoms with E-state index in [0.717, 1.165) is 13.0 Å². The number of nitrogens with zero attached hydrogens (tertiary/aromatic N) is 1. The molecular formula is C18H17NO. The molecule has 0 saturated carbocycles. The monoisotopic (exact) mass is 263 g/mol. The predicted octanol–water partition coefficient (Wildman–Crippen LogP) is 3.50. The molecule has 1 amide bonds. The van der Waals surface area contributed by atoms with Crippen LogP contribution >= 0.6 is 0 Å². The van der Waals surface area contributed by atoms with Crippen LogP contribution in [0.1, 0.15) is 41.5 Å². The number of carbonyl (C=O) groups excluding carboxylic acids is 1. The van der Waals surface area contributed by atoms with Gasteiger partial charge in [-0.15, -0.1) is 0 Å². The second-order valence-electron chi connectivity index (χ2n) is 5.69. The van der Waals surface area contributed by atoms with Crippen LogP contribution in [-0.2, 0) is 4.79 Å². The highest BCUT2D eigenvalue weighted by molar-refractivity contribution is 5.80. The van der Waals surface area contributed by atoms with Crippen molar-refractivity contribution in [2.75, 3.05) is 6.54 Å². The smallest absolute Gasteiger partial charge is 0.223 e. The lowest BCUT2D eigenvalue weighted by Gasteiger charge is -2.37. The Morgan fingerprint density at radius 1 is 0.900 bits per heavy atom. The third kappa shape index (κ3) is 1.68. The number of carbonyl (C=O) groups is 1. The summed E-state index contributed by atoms with van der Waals surface area (Å²) in [6.07, 6.45) is 1.66. The Hall–Kier alpha value is -2.09. The molecule has 0 aliphatic carbocycles. The van der Waals surface area contributed by atoms with Crippen LogP contribution < -0.4 is 0 Å². The van der Waals surface area contributed by atoms with Crippen LogP contribution in [0.4, 0.5) is 0 Å². The normalized spacial score (nSPS) is 24.4. The highest BCUT2D eigenvalue weighted by Gasteiger charge is 2.39. The molecule has 2 heteroatoms. The minimum Gasteiger partial charge on any atom is -0.335 e. The summed E-state index contributed by atoms with van der Waals surface area (Å²) in [5, 5.41) is 0. The van der Waals surface area contributed by atoms with E-state index in [-0.39, 0.29) is 0 Å². The molecule has 0 spiro atoms. The Labute approximate surface area is 119 Å². The molecule has 20 heavy (non-hydrogen) atoms. The fourth-order valence-corrected chi connectivity index (χ4v) is 3.68. The fourth-order valence-electron chi connectivity index (χ4n) is 3.68. The number of benzene rings is 2. The van der Waals surface area contributed by atoms with E-state index in [0.29, 0.717) is 24.3 Å². The molecule has 1 saturated heterocycles. The van der Waals surface area contributed by atoms with E-state index >= 15 is 0 Å². The van der Waals surface area contributed by atoms with E-state index in [9.17, 15) is 4.79 Å². The topological polar surface area (TPSA) is 20.3 Å². The summed E-state index contributed by atoms with van der Waals surface area (Å²) in [6, 6.07) is 19.5. The zero-order valence-electron chi connectivity index (χ0n) is 11.3. The molecule has 2 aliphatic rings. The molecule has 0 N–H and O–H groups in total. The molecule has 2 aliphatic heterocycles. The number of hydrogen-bond acceptors (Lipinski definition) is 1. The second kappa shape index (κ2) is 4.48. The molecular weight excluding hydrogens is 246 g/mol. The maximum absolute atomic E-state index is 12.1. The van der Waals surface area contributed by atoms with Crippen molar-refractivity contribution in [2.24, 2.45) is 0 Å². The Kier molecular flexibility index (Phi) is 2.62. The van der Waals surface area contributed by atoms with Crippen molar-refractivity contribution in [1.29, 1.82) is 0 Å². The Balaban J connectivity index is 1.85. The first-order valence-electron chi connectivity index (χ1n) is 7.28. The van der Waals surface area contributed by atoms with Crippen molar-refractivity contribution < 1.29 is 4.79 Å². The van der Waals surface area contributed by atoms with Gasteiger partial charge in [0.05, 0.1) is 6.04 Å². The lowest BCUT2D eigenvalue weighted by atomic mass is 9.82. The van der Waals surface area contributed by atoms with Gasteiger partial charge in [-0.1, -0.05) is 54.6 Å². The third-order valence-corrected chi connectivity index (χ3v) is 4.64. The molecule has 0 unspecified atom stereocenters. The van der Waals surface area contributed by atoms with Crippen molar-refractivity contribution in [2.45, 2.75) is 24.8 Å². The predicted molar refractivity (Wildman–Crippen MR) is 78.4 cm³/mol. The number of amides is 1. The average Bonchev–Trinajstić information content (AvgIpc) is 2.89. The van der Waals surface area contributed by atoms with E-state index in [2.05, 4.69) is 53.4 Å². The maximum atomic E-state index is 12.1. The van der Waals surface area contributed by atoms with Crippen LogP contribution in [0.15, 0.2) is 54.6 Å². The maximum Gasteiger partial charge on any atom is 0.223 e. The van der Waals surface area contributed by atoms with Crippen LogP contribution in [-0.4, -0.2) is 17.4 Å². The first-order valence-corrected chi connectivity index (χ1v) is 7.28. The first kappa shape index (κ1) is 11.7. The van der Waals surface area contributed by atoms with Crippen LogP contribution in [0, 0.1) is 0 Å². The van der Waals surface area contributed by atoms with Gasteiger partial charge in [0.25, 0.3) is 0 Å². The number of rotatable bonds is 1. The van der Waals surface area contributed by atoms with Crippen molar-refractivity contribution >= 4 is 5.91 Å². The molecule has 0 radical (unpaired) electrons.